The predicted molar refractivity (Wildman–Crippen MR) is 49.5 cm³/mol. The Hall–Kier alpha value is -0.500. The molecule has 0 fully saturated rings. The van der Waals surface area contributed by atoms with E-state index in [0.717, 1.165) is 5.56 Å². The first-order valence-electron chi connectivity index (χ1n) is 3.68. The second kappa shape index (κ2) is 6.23. The van der Waals surface area contributed by atoms with Crippen LogP contribution < -0.4 is 0 Å². The van der Waals surface area contributed by atoms with Crippen LogP contribution in [0.25, 0.3) is 0 Å². The average Bonchev–Trinajstić information content (AvgIpc) is 2.08. The Morgan fingerprint density at radius 1 is 1.27 bits per heavy atom. The molecule has 0 saturated carbocycles. The standard InChI is InChI=1S/C7H7FS.C2H6/c1-6-3-2-4-7(5-6)9-8;1-2/h2-5H,1H3;1-2H3. The van der Waals surface area contributed by atoms with Gasteiger partial charge in [-0.1, -0.05) is 26.0 Å². The molecule has 0 aliphatic rings. The predicted octanol–water partition coefficient (Wildman–Crippen LogP) is 4.00. The van der Waals surface area contributed by atoms with E-state index in [-0.39, 0.29) is 12.1 Å². The first kappa shape index (κ1) is 10.5. The molecule has 0 atom stereocenters. The minimum atomic E-state index is 0.283. The van der Waals surface area contributed by atoms with Crippen molar-refractivity contribution in [2.45, 2.75) is 25.7 Å². The highest BCUT2D eigenvalue weighted by molar-refractivity contribution is 7.94. The number of halogens is 1. The summed E-state index contributed by atoms with van der Waals surface area (Å²) < 4.78 is 11.8. The summed E-state index contributed by atoms with van der Waals surface area (Å²) in [6, 6.07) is 7.35. The van der Waals surface area contributed by atoms with E-state index in [4.69, 9.17) is 0 Å². The molecule has 0 N–H and O–H groups in total. The smallest absolute Gasteiger partial charge is 0.0812 e. The molecule has 11 heavy (non-hydrogen) atoms. The summed E-state index contributed by atoms with van der Waals surface area (Å²) in [5, 5.41) is 0. The highest BCUT2D eigenvalue weighted by Gasteiger charge is 1.89. The first-order chi connectivity index (χ1) is 5.33. The average molecular weight is 172 g/mol. The lowest BCUT2D eigenvalue weighted by Crippen LogP contribution is -1.69. The van der Waals surface area contributed by atoms with Crippen LogP contribution in [-0.2, 0) is 0 Å². The molecule has 0 aliphatic carbocycles. The molecule has 2 heteroatoms. The van der Waals surface area contributed by atoms with Crippen LogP contribution >= 0.6 is 12.1 Å². The van der Waals surface area contributed by atoms with E-state index in [1.165, 1.54) is 0 Å². The van der Waals surface area contributed by atoms with Crippen molar-refractivity contribution in [3.63, 3.8) is 0 Å². The maximum Gasteiger partial charge on any atom is 0.0812 e. The van der Waals surface area contributed by atoms with E-state index in [9.17, 15) is 3.89 Å². The molecule has 0 nitrogen and oxygen atoms in total. The summed E-state index contributed by atoms with van der Waals surface area (Å²) in [7, 11) is 0. The van der Waals surface area contributed by atoms with E-state index in [2.05, 4.69) is 0 Å². The lowest BCUT2D eigenvalue weighted by Gasteiger charge is -1.92. The van der Waals surface area contributed by atoms with Gasteiger partial charge in [-0.05, 0) is 24.6 Å². The molecule has 62 valence electrons. The van der Waals surface area contributed by atoms with Crippen LogP contribution in [0.2, 0.25) is 0 Å². The lowest BCUT2D eigenvalue weighted by atomic mass is 10.2. The summed E-state index contributed by atoms with van der Waals surface area (Å²) in [6.45, 7) is 5.94. The van der Waals surface area contributed by atoms with Gasteiger partial charge in [0.25, 0.3) is 0 Å². The largest absolute Gasteiger partial charge is 0.160 e. The van der Waals surface area contributed by atoms with E-state index in [0.29, 0.717) is 4.90 Å². The van der Waals surface area contributed by atoms with Crippen molar-refractivity contribution >= 4 is 12.1 Å². The molecular formula is C9H13FS. The zero-order chi connectivity index (χ0) is 8.69. The summed E-state index contributed by atoms with van der Waals surface area (Å²) in [6.07, 6.45) is 0. The Morgan fingerprint density at radius 3 is 2.27 bits per heavy atom. The molecule has 0 bridgehead atoms. The zero-order valence-corrected chi connectivity index (χ0v) is 7.91. The number of rotatable bonds is 1. The maximum atomic E-state index is 11.8. The second-order valence-electron chi connectivity index (χ2n) is 1.89. The number of hydrogen-bond donors (Lipinski definition) is 0. The minimum absolute atomic E-state index is 0.283. The highest BCUT2D eigenvalue weighted by atomic mass is 32.2. The number of aryl methyl sites for hydroxylation is 1. The van der Waals surface area contributed by atoms with E-state index >= 15 is 0 Å². The number of benzene rings is 1. The van der Waals surface area contributed by atoms with E-state index in [1.54, 1.807) is 6.07 Å². The second-order valence-corrected chi connectivity index (χ2v) is 2.52. The Kier molecular flexibility index (Phi) is 5.94. The van der Waals surface area contributed by atoms with Gasteiger partial charge in [0.15, 0.2) is 0 Å². The van der Waals surface area contributed by atoms with Crippen LogP contribution in [0.5, 0.6) is 0 Å². The van der Waals surface area contributed by atoms with Crippen LogP contribution in [0.1, 0.15) is 19.4 Å². The Labute approximate surface area is 72.1 Å². The van der Waals surface area contributed by atoms with Gasteiger partial charge in [-0.3, -0.25) is 0 Å². The van der Waals surface area contributed by atoms with Crippen molar-refractivity contribution < 1.29 is 3.89 Å². The topological polar surface area (TPSA) is 0 Å². The molecule has 1 rings (SSSR count). The van der Waals surface area contributed by atoms with Crippen LogP contribution in [0.3, 0.4) is 0 Å². The van der Waals surface area contributed by atoms with Gasteiger partial charge in [-0.25, -0.2) is 0 Å². The SMILES string of the molecule is CC.Cc1cccc(SF)c1. The third kappa shape index (κ3) is 4.04. The number of hydrogen-bond acceptors (Lipinski definition) is 1. The fraction of sp³-hybridized carbons (Fsp3) is 0.333. The summed E-state index contributed by atoms with van der Waals surface area (Å²) >= 11 is 0.283. The minimum Gasteiger partial charge on any atom is -0.160 e. The monoisotopic (exact) mass is 172 g/mol. The van der Waals surface area contributed by atoms with Crippen molar-refractivity contribution in [1.82, 2.24) is 0 Å². The third-order valence-electron chi connectivity index (χ3n) is 1.08. The lowest BCUT2D eigenvalue weighted by molar-refractivity contribution is 0.933. The van der Waals surface area contributed by atoms with E-state index in [1.807, 2.05) is 39.0 Å². The van der Waals surface area contributed by atoms with Crippen molar-refractivity contribution in [3.8, 4) is 0 Å². The normalized spacial score (nSPS) is 8.36. The van der Waals surface area contributed by atoms with Crippen LogP contribution in [-0.4, -0.2) is 0 Å². The van der Waals surface area contributed by atoms with Gasteiger partial charge in [0.05, 0.1) is 12.1 Å². The highest BCUT2D eigenvalue weighted by Crippen LogP contribution is 2.18. The quantitative estimate of drug-likeness (QED) is 0.617. The Balaban J connectivity index is 0.000000461. The molecule has 0 aliphatic heterocycles. The van der Waals surface area contributed by atoms with Crippen LogP contribution in [0, 0.1) is 6.92 Å². The molecular weight excluding hydrogens is 159 g/mol. The zero-order valence-electron chi connectivity index (χ0n) is 7.10. The van der Waals surface area contributed by atoms with Gasteiger partial charge in [-0.2, -0.15) is 3.89 Å². The van der Waals surface area contributed by atoms with Gasteiger partial charge in [-0.15, -0.1) is 0 Å². The summed E-state index contributed by atoms with van der Waals surface area (Å²) in [5.41, 5.74) is 1.10. The summed E-state index contributed by atoms with van der Waals surface area (Å²) in [5.74, 6) is 0. The molecule has 0 amide bonds. The molecule has 0 aromatic heterocycles. The molecule has 0 radical (unpaired) electrons. The van der Waals surface area contributed by atoms with Crippen molar-refractivity contribution in [2.75, 3.05) is 0 Å². The molecule has 1 aromatic rings. The van der Waals surface area contributed by atoms with Gasteiger partial charge >= 0.3 is 0 Å². The third-order valence-corrected chi connectivity index (χ3v) is 1.51. The van der Waals surface area contributed by atoms with Gasteiger partial charge in [0, 0.05) is 4.90 Å². The van der Waals surface area contributed by atoms with Crippen molar-refractivity contribution in [3.05, 3.63) is 29.8 Å². The molecule has 0 unspecified atom stereocenters. The fourth-order valence-electron chi connectivity index (χ4n) is 0.663. The fourth-order valence-corrected chi connectivity index (χ4v) is 1.02. The first-order valence-corrected chi connectivity index (χ1v) is 4.40. The van der Waals surface area contributed by atoms with Crippen molar-refractivity contribution in [1.29, 1.82) is 0 Å². The summed E-state index contributed by atoms with van der Waals surface area (Å²) in [4.78, 5) is 0.676. The molecule has 0 heterocycles. The van der Waals surface area contributed by atoms with Gasteiger partial charge < -0.3 is 0 Å². The Morgan fingerprint density at radius 2 is 1.91 bits per heavy atom. The van der Waals surface area contributed by atoms with E-state index < -0.39 is 0 Å². The molecule has 0 saturated heterocycles. The maximum absolute atomic E-state index is 11.8. The van der Waals surface area contributed by atoms with Crippen LogP contribution in [0.15, 0.2) is 29.2 Å². The van der Waals surface area contributed by atoms with Gasteiger partial charge in [0.2, 0.25) is 0 Å². The molecule has 1 aromatic carbocycles. The van der Waals surface area contributed by atoms with Gasteiger partial charge in [0.1, 0.15) is 0 Å². The van der Waals surface area contributed by atoms with Crippen LogP contribution in [0.4, 0.5) is 3.89 Å². The Bertz CT molecular complexity index is 199. The molecule has 0 spiro atoms. The van der Waals surface area contributed by atoms with Crippen molar-refractivity contribution in [2.24, 2.45) is 0 Å².